The van der Waals surface area contributed by atoms with Gasteiger partial charge in [0.25, 0.3) is 5.91 Å². The second-order valence-corrected chi connectivity index (χ2v) is 5.31. The minimum Gasteiger partial charge on any atom is -0.464 e. The van der Waals surface area contributed by atoms with Crippen LogP contribution in [-0.2, 0) is 11.3 Å². The number of amides is 1. The van der Waals surface area contributed by atoms with Crippen molar-refractivity contribution in [1.29, 1.82) is 0 Å². The second kappa shape index (κ2) is 6.50. The van der Waals surface area contributed by atoms with Gasteiger partial charge in [0, 0.05) is 22.7 Å². The quantitative estimate of drug-likeness (QED) is 0.932. The van der Waals surface area contributed by atoms with Gasteiger partial charge in [-0.05, 0) is 35.9 Å². The van der Waals surface area contributed by atoms with Gasteiger partial charge >= 0.3 is 0 Å². The Hall–Kier alpha value is -2.52. The Morgan fingerprint density at radius 3 is 2.77 bits per heavy atom. The number of ether oxygens (including phenoxy) is 1. The number of hydrogen-bond donors (Lipinski definition) is 1. The predicted octanol–water partition coefficient (Wildman–Crippen LogP) is 3.95. The molecule has 0 saturated carbocycles. The number of hydrogen-bond acceptors (Lipinski definition) is 2. The molecule has 110 valence electrons. The highest BCUT2D eigenvalue weighted by molar-refractivity contribution is 6.30. The third-order valence-corrected chi connectivity index (χ3v) is 3.52. The van der Waals surface area contributed by atoms with Crippen molar-refractivity contribution in [2.45, 2.75) is 6.54 Å². The third kappa shape index (κ3) is 3.38. The van der Waals surface area contributed by atoms with Gasteiger partial charge in [0.15, 0.2) is 0 Å². The Morgan fingerprint density at radius 2 is 1.95 bits per heavy atom. The van der Waals surface area contributed by atoms with E-state index in [1.807, 2.05) is 30.3 Å². The number of benzene rings is 2. The van der Waals surface area contributed by atoms with Gasteiger partial charge in [-0.2, -0.15) is 0 Å². The molecule has 3 nitrogen and oxygen atoms in total. The molecule has 22 heavy (non-hydrogen) atoms. The molecule has 1 aliphatic rings. The lowest BCUT2D eigenvalue weighted by atomic mass is 10.1. The molecule has 2 aromatic carbocycles. The lowest BCUT2D eigenvalue weighted by Gasteiger charge is -2.06. The maximum Gasteiger partial charge on any atom is 0.251 e. The van der Waals surface area contributed by atoms with E-state index in [2.05, 4.69) is 5.32 Å². The average Bonchev–Trinajstić information content (AvgIpc) is 2.75. The van der Waals surface area contributed by atoms with Crippen molar-refractivity contribution in [3.05, 3.63) is 82.6 Å². The van der Waals surface area contributed by atoms with Gasteiger partial charge in [-0.3, -0.25) is 4.79 Å². The summed E-state index contributed by atoms with van der Waals surface area (Å²) in [5.74, 6) is 0.517. The Morgan fingerprint density at radius 1 is 1.14 bits per heavy atom. The van der Waals surface area contributed by atoms with E-state index in [0.29, 0.717) is 22.9 Å². The summed E-state index contributed by atoms with van der Waals surface area (Å²) in [7, 11) is 0. The third-order valence-electron chi connectivity index (χ3n) is 3.28. The summed E-state index contributed by atoms with van der Waals surface area (Å²) in [5, 5.41) is 3.50. The van der Waals surface area contributed by atoms with Crippen LogP contribution >= 0.6 is 11.6 Å². The summed E-state index contributed by atoms with van der Waals surface area (Å²) in [6.45, 7) is 0.480. The van der Waals surface area contributed by atoms with Crippen LogP contribution in [0.2, 0.25) is 5.02 Å². The summed E-state index contributed by atoms with van der Waals surface area (Å²) in [5.41, 5.74) is 2.35. The fourth-order valence-electron chi connectivity index (χ4n) is 2.16. The molecule has 0 unspecified atom stereocenters. The van der Waals surface area contributed by atoms with Crippen LogP contribution in [0.1, 0.15) is 11.1 Å². The van der Waals surface area contributed by atoms with Crippen molar-refractivity contribution >= 4 is 23.6 Å². The van der Waals surface area contributed by atoms with Crippen molar-refractivity contribution in [1.82, 2.24) is 5.32 Å². The summed E-state index contributed by atoms with van der Waals surface area (Å²) in [4.78, 5) is 12.3. The zero-order valence-electron chi connectivity index (χ0n) is 11.8. The van der Waals surface area contributed by atoms with Crippen molar-refractivity contribution in [2.75, 3.05) is 0 Å². The standard InChI is InChI=1S/C18H14ClNO2/c19-16-6-7-17-15(11-16)10-14(8-9-22-17)18(21)20-12-13-4-2-1-3-5-13/h1-11H,12H2,(H,20,21). The Kier molecular flexibility index (Phi) is 4.26. The molecule has 1 amide bonds. The smallest absolute Gasteiger partial charge is 0.251 e. The van der Waals surface area contributed by atoms with Gasteiger partial charge in [0.1, 0.15) is 5.75 Å². The van der Waals surface area contributed by atoms with Gasteiger partial charge in [-0.25, -0.2) is 0 Å². The Bertz CT molecular complexity index is 751. The number of fused-ring (bicyclic) bond motifs is 1. The highest BCUT2D eigenvalue weighted by Crippen LogP contribution is 2.27. The number of carbonyl (C=O) groups excluding carboxylic acids is 1. The maximum atomic E-state index is 12.3. The van der Waals surface area contributed by atoms with Crippen LogP contribution in [0, 0.1) is 0 Å². The molecular weight excluding hydrogens is 298 g/mol. The molecule has 0 bridgehead atoms. The fraction of sp³-hybridized carbons (Fsp3) is 0.0556. The zero-order chi connectivity index (χ0) is 15.4. The zero-order valence-corrected chi connectivity index (χ0v) is 12.5. The van der Waals surface area contributed by atoms with Gasteiger partial charge in [-0.1, -0.05) is 41.9 Å². The van der Waals surface area contributed by atoms with Crippen LogP contribution in [0.4, 0.5) is 0 Å². The largest absolute Gasteiger partial charge is 0.464 e. The first-order valence-corrected chi connectivity index (χ1v) is 7.27. The Labute approximate surface area is 133 Å². The van der Waals surface area contributed by atoms with Crippen LogP contribution in [-0.4, -0.2) is 5.91 Å². The molecule has 0 fully saturated rings. The fourth-order valence-corrected chi connectivity index (χ4v) is 2.34. The average molecular weight is 312 g/mol. The normalized spacial score (nSPS) is 12.7. The molecule has 0 aliphatic carbocycles. The molecule has 1 aliphatic heterocycles. The molecule has 3 rings (SSSR count). The SMILES string of the molecule is O=C(NCc1ccccc1)C1=Cc2cc(Cl)ccc2OC=C1. The first-order chi connectivity index (χ1) is 10.7. The van der Waals surface area contributed by atoms with Gasteiger partial charge in [0.05, 0.1) is 6.26 Å². The van der Waals surface area contributed by atoms with Gasteiger partial charge in [0.2, 0.25) is 0 Å². The molecule has 2 aromatic rings. The van der Waals surface area contributed by atoms with Crippen molar-refractivity contribution < 1.29 is 9.53 Å². The molecule has 0 radical (unpaired) electrons. The van der Waals surface area contributed by atoms with E-state index in [4.69, 9.17) is 16.3 Å². The van der Waals surface area contributed by atoms with Crippen LogP contribution in [0.15, 0.2) is 66.4 Å². The van der Waals surface area contributed by atoms with Crippen LogP contribution < -0.4 is 10.1 Å². The van der Waals surface area contributed by atoms with Gasteiger partial charge < -0.3 is 10.1 Å². The van der Waals surface area contributed by atoms with E-state index in [1.54, 1.807) is 30.4 Å². The maximum absolute atomic E-state index is 12.3. The topological polar surface area (TPSA) is 38.3 Å². The van der Waals surface area contributed by atoms with E-state index in [1.165, 1.54) is 6.26 Å². The highest BCUT2D eigenvalue weighted by Gasteiger charge is 2.12. The van der Waals surface area contributed by atoms with Crippen LogP contribution in [0.5, 0.6) is 5.75 Å². The summed E-state index contributed by atoms with van der Waals surface area (Å²) < 4.78 is 5.48. The summed E-state index contributed by atoms with van der Waals surface area (Å²) in [6, 6.07) is 15.1. The van der Waals surface area contributed by atoms with Crippen LogP contribution in [0.3, 0.4) is 0 Å². The van der Waals surface area contributed by atoms with Crippen molar-refractivity contribution in [2.24, 2.45) is 0 Å². The van der Waals surface area contributed by atoms with E-state index in [9.17, 15) is 4.79 Å². The van der Waals surface area contributed by atoms with E-state index < -0.39 is 0 Å². The Balaban J connectivity index is 1.77. The predicted molar refractivity (Wildman–Crippen MR) is 87.5 cm³/mol. The van der Waals surface area contributed by atoms with E-state index >= 15 is 0 Å². The molecule has 0 aromatic heterocycles. The second-order valence-electron chi connectivity index (χ2n) is 4.87. The minimum atomic E-state index is -0.156. The summed E-state index contributed by atoms with van der Waals surface area (Å²) in [6.07, 6.45) is 4.92. The number of halogens is 1. The van der Waals surface area contributed by atoms with E-state index in [-0.39, 0.29) is 5.91 Å². The highest BCUT2D eigenvalue weighted by atomic mass is 35.5. The van der Waals surface area contributed by atoms with Crippen LogP contribution in [0.25, 0.3) is 6.08 Å². The van der Waals surface area contributed by atoms with Gasteiger partial charge in [-0.15, -0.1) is 0 Å². The lowest BCUT2D eigenvalue weighted by molar-refractivity contribution is -0.117. The molecular formula is C18H14ClNO2. The molecule has 0 atom stereocenters. The van der Waals surface area contributed by atoms with Crippen molar-refractivity contribution in [3.63, 3.8) is 0 Å². The first kappa shape index (κ1) is 14.4. The monoisotopic (exact) mass is 311 g/mol. The number of nitrogens with one attached hydrogen (secondary N) is 1. The molecule has 0 saturated heterocycles. The molecule has 1 N–H and O–H groups in total. The summed E-state index contributed by atoms with van der Waals surface area (Å²) >= 11 is 5.99. The molecule has 4 heteroatoms. The first-order valence-electron chi connectivity index (χ1n) is 6.89. The minimum absolute atomic E-state index is 0.156. The van der Waals surface area contributed by atoms with E-state index in [0.717, 1.165) is 11.1 Å². The number of rotatable bonds is 3. The number of carbonyl (C=O) groups is 1. The molecule has 1 heterocycles. The lowest BCUT2D eigenvalue weighted by Crippen LogP contribution is -2.23. The van der Waals surface area contributed by atoms with Crippen molar-refractivity contribution in [3.8, 4) is 5.75 Å². The molecule has 0 spiro atoms.